The van der Waals surface area contributed by atoms with E-state index in [1.165, 1.54) is 0 Å². The van der Waals surface area contributed by atoms with E-state index in [-0.39, 0.29) is 0 Å². The van der Waals surface area contributed by atoms with Gasteiger partial charge in [0.15, 0.2) is 0 Å². The smallest absolute Gasteiger partial charge is 0.314 e. The maximum atomic E-state index is 11.8. The second kappa shape index (κ2) is 5.53. The number of carbonyl (C=O) groups is 1. The maximum absolute atomic E-state index is 11.8. The van der Waals surface area contributed by atoms with Gasteiger partial charge in [0.2, 0.25) is 0 Å². The molecule has 0 radical (unpaired) electrons. The maximum Gasteiger partial charge on any atom is 0.314 e. The minimum Gasteiger partial charge on any atom is -0.495 e. The third-order valence-corrected chi connectivity index (χ3v) is 4.69. The van der Waals surface area contributed by atoms with Crippen molar-refractivity contribution in [3.63, 3.8) is 0 Å². The molecule has 0 atom stereocenters. The summed E-state index contributed by atoms with van der Waals surface area (Å²) in [6.45, 7) is 2.07. The summed E-state index contributed by atoms with van der Waals surface area (Å²) < 4.78 is 6.30. The number of carboxylic acid groups (broad SMARTS) is 1. The van der Waals surface area contributed by atoms with Gasteiger partial charge in [0.05, 0.1) is 17.0 Å². The minimum atomic E-state index is -0.779. The van der Waals surface area contributed by atoms with Gasteiger partial charge in [-0.2, -0.15) is 0 Å². The lowest BCUT2D eigenvalue weighted by Gasteiger charge is -2.27. The van der Waals surface area contributed by atoms with Crippen LogP contribution in [0.4, 0.5) is 0 Å². The number of carboxylic acids is 1. The number of aryl methyl sites for hydroxylation is 1. The fourth-order valence-electron chi connectivity index (χ4n) is 2.99. The summed E-state index contributed by atoms with van der Waals surface area (Å²) in [6, 6.07) is 4.01. The molecular formula is C15H19BrO3. The molecule has 3 nitrogen and oxygen atoms in total. The van der Waals surface area contributed by atoms with Crippen molar-refractivity contribution >= 4 is 21.9 Å². The van der Waals surface area contributed by atoms with Gasteiger partial charge >= 0.3 is 5.97 Å². The van der Waals surface area contributed by atoms with Crippen molar-refractivity contribution in [1.29, 1.82) is 0 Å². The van der Waals surface area contributed by atoms with Crippen LogP contribution in [0, 0.1) is 0 Å². The first-order valence-electron chi connectivity index (χ1n) is 6.65. The fraction of sp³-hybridized carbons (Fsp3) is 0.533. The number of rotatable bonds is 4. The van der Waals surface area contributed by atoms with E-state index in [1.54, 1.807) is 7.11 Å². The minimum absolute atomic E-state index is 0.668. The summed E-state index contributed by atoms with van der Waals surface area (Å²) in [5.74, 6) is -0.0649. The second-order valence-corrected chi connectivity index (χ2v) is 5.96. The van der Waals surface area contributed by atoms with E-state index in [9.17, 15) is 9.90 Å². The van der Waals surface area contributed by atoms with E-state index in [2.05, 4.69) is 22.9 Å². The highest BCUT2D eigenvalue weighted by molar-refractivity contribution is 9.10. The molecule has 19 heavy (non-hydrogen) atoms. The molecule has 0 saturated heterocycles. The van der Waals surface area contributed by atoms with Gasteiger partial charge in [0, 0.05) is 5.56 Å². The summed E-state index contributed by atoms with van der Waals surface area (Å²) >= 11 is 3.50. The Balaban J connectivity index is 2.64. The molecule has 2 rings (SSSR count). The van der Waals surface area contributed by atoms with Crippen molar-refractivity contribution in [3.05, 3.63) is 27.7 Å². The van der Waals surface area contributed by atoms with Crippen molar-refractivity contribution in [1.82, 2.24) is 0 Å². The number of methoxy groups -OCH3 is 1. The van der Waals surface area contributed by atoms with Crippen LogP contribution in [0.1, 0.15) is 43.7 Å². The van der Waals surface area contributed by atoms with Crippen LogP contribution in [0.3, 0.4) is 0 Å². The van der Waals surface area contributed by atoms with Crippen molar-refractivity contribution in [2.24, 2.45) is 0 Å². The van der Waals surface area contributed by atoms with Gasteiger partial charge in [-0.05, 0) is 46.8 Å². The highest BCUT2D eigenvalue weighted by atomic mass is 79.9. The number of benzene rings is 1. The third kappa shape index (κ3) is 2.38. The van der Waals surface area contributed by atoms with Crippen molar-refractivity contribution in [3.8, 4) is 5.75 Å². The predicted octanol–water partition coefficient (Wildman–Crippen LogP) is 3.92. The Morgan fingerprint density at radius 1 is 1.42 bits per heavy atom. The predicted molar refractivity (Wildman–Crippen MR) is 77.9 cm³/mol. The Morgan fingerprint density at radius 2 is 2.05 bits per heavy atom. The summed E-state index contributed by atoms with van der Waals surface area (Å²) in [7, 11) is 1.60. The number of hydrogen-bond acceptors (Lipinski definition) is 2. The van der Waals surface area contributed by atoms with Crippen LogP contribution in [0.2, 0.25) is 0 Å². The molecule has 1 aliphatic carbocycles. The zero-order valence-corrected chi connectivity index (χ0v) is 12.9. The third-order valence-electron chi connectivity index (χ3n) is 4.10. The molecule has 4 heteroatoms. The molecule has 1 saturated carbocycles. The lowest BCUT2D eigenvalue weighted by atomic mass is 9.77. The summed E-state index contributed by atoms with van der Waals surface area (Å²) in [4.78, 5) is 11.8. The van der Waals surface area contributed by atoms with Crippen molar-refractivity contribution < 1.29 is 14.6 Å². The lowest BCUT2D eigenvalue weighted by molar-refractivity contribution is -0.143. The first kappa shape index (κ1) is 14.4. The van der Waals surface area contributed by atoms with E-state index in [0.29, 0.717) is 18.6 Å². The molecule has 0 unspecified atom stereocenters. The zero-order chi connectivity index (χ0) is 14.0. The number of ether oxygens (including phenoxy) is 1. The lowest BCUT2D eigenvalue weighted by Crippen LogP contribution is -2.33. The van der Waals surface area contributed by atoms with Gasteiger partial charge in [-0.25, -0.2) is 0 Å². The summed E-state index contributed by atoms with van der Waals surface area (Å²) in [5, 5.41) is 9.72. The Bertz CT molecular complexity index is 490. The Hall–Kier alpha value is -1.03. The molecule has 0 amide bonds. The summed E-state index contributed by atoms with van der Waals surface area (Å²) in [5.41, 5.74) is 1.18. The van der Waals surface area contributed by atoms with Crippen LogP contribution in [0.5, 0.6) is 5.75 Å². The van der Waals surface area contributed by atoms with Crippen LogP contribution >= 0.6 is 15.9 Å². The van der Waals surface area contributed by atoms with Gasteiger partial charge in [-0.15, -0.1) is 0 Å². The first-order chi connectivity index (χ1) is 9.05. The van der Waals surface area contributed by atoms with Crippen molar-refractivity contribution in [2.75, 3.05) is 7.11 Å². The largest absolute Gasteiger partial charge is 0.495 e. The van der Waals surface area contributed by atoms with E-state index < -0.39 is 11.4 Å². The highest BCUT2D eigenvalue weighted by Crippen LogP contribution is 2.47. The van der Waals surface area contributed by atoms with Crippen LogP contribution in [-0.2, 0) is 16.6 Å². The van der Waals surface area contributed by atoms with Crippen LogP contribution in [0.15, 0.2) is 16.6 Å². The first-order valence-corrected chi connectivity index (χ1v) is 7.44. The molecule has 0 aliphatic heterocycles. The SMILES string of the molecule is CCc1cc(Br)c(OC)c(C2(C(=O)O)CCCC2)c1. The Kier molecular flexibility index (Phi) is 4.19. The number of hydrogen-bond donors (Lipinski definition) is 1. The number of aliphatic carboxylic acids is 1. The van der Waals surface area contributed by atoms with Crippen LogP contribution in [-0.4, -0.2) is 18.2 Å². The van der Waals surface area contributed by atoms with Crippen molar-refractivity contribution in [2.45, 2.75) is 44.4 Å². The number of halogens is 1. The standard InChI is InChI=1S/C15H19BrO3/c1-3-10-8-11(13(19-2)12(16)9-10)15(14(17)18)6-4-5-7-15/h8-9H,3-7H2,1-2H3,(H,17,18). The van der Waals surface area contributed by atoms with E-state index >= 15 is 0 Å². The molecule has 1 aliphatic rings. The van der Waals surface area contributed by atoms with E-state index in [0.717, 1.165) is 34.9 Å². The molecule has 1 N–H and O–H groups in total. The normalized spacial score (nSPS) is 17.4. The molecule has 0 bridgehead atoms. The quantitative estimate of drug-likeness (QED) is 0.912. The van der Waals surface area contributed by atoms with Gasteiger partial charge in [0.1, 0.15) is 5.75 Å². The highest BCUT2D eigenvalue weighted by Gasteiger charge is 2.45. The van der Waals surface area contributed by atoms with Gasteiger partial charge in [0.25, 0.3) is 0 Å². The average molecular weight is 327 g/mol. The molecular weight excluding hydrogens is 308 g/mol. The van der Waals surface area contributed by atoms with Crippen LogP contribution in [0.25, 0.3) is 0 Å². The average Bonchev–Trinajstić information content (AvgIpc) is 2.88. The fourth-order valence-corrected chi connectivity index (χ4v) is 3.66. The molecule has 0 aromatic heterocycles. The van der Waals surface area contributed by atoms with Gasteiger partial charge < -0.3 is 9.84 Å². The monoisotopic (exact) mass is 326 g/mol. The molecule has 104 valence electrons. The second-order valence-electron chi connectivity index (χ2n) is 5.11. The summed E-state index contributed by atoms with van der Waals surface area (Å²) in [6.07, 6.45) is 4.19. The van der Waals surface area contributed by atoms with Gasteiger partial charge in [-0.3, -0.25) is 4.79 Å². The zero-order valence-electron chi connectivity index (χ0n) is 11.3. The molecule has 1 aromatic rings. The molecule has 1 fully saturated rings. The Morgan fingerprint density at radius 3 is 2.53 bits per heavy atom. The Labute approximate surface area is 122 Å². The van der Waals surface area contributed by atoms with E-state index in [4.69, 9.17) is 4.74 Å². The van der Waals surface area contributed by atoms with Gasteiger partial charge in [-0.1, -0.05) is 25.8 Å². The molecule has 0 spiro atoms. The topological polar surface area (TPSA) is 46.5 Å². The van der Waals surface area contributed by atoms with E-state index in [1.807, 2.05) is 12.1 Å². The molecule has 0 heterocycles. The van der Waals surface area contributed by atoms with Crippen LogP contribution < -0.4 is 4.74 Å². The molecule has 1 aromatic carbocycles.